The van der Waals surface area contributed by atoms with E-state index in [4.69, 9.17) is 10.5 Å². The van der Waals surface area contributed by atoms with E-state index >= 15 is 0 Å². The van der Waals surface area contributed by atoms with E-state index in [2.05, 4.69) is 19.1 Å². The molecule has 166 valence electrons. The van der Waals surface area contributed by atoms with Crippen LogP contribution in [0.2, 0.25) is 0 Å². The van der Waals surface area contributed by atoms with Gasteiger partial charge in [-0.2, -0.15) is 0 Å². The van der Waals surface area contributed by atoms with Gasteiger partial charge in [0.05, 0.1) is 0 Å². The van der Waals surface area contributed by atoms with Crippen molar-refractivity contribution in [2.45, 2.75) is 129 Å². The predicted octanol–water partition coefficient (Wildman–Crippen LogP) is 4.98. The molecule has 0 aromatic carbocycles. The first-order valence-corrected chi connectivity index (χ1v) is 11.4. The molecule has 0 saturated carbocycles. The summed E-state index contributed by atoms with van der Waals surface area (Å²) in [6.45, 7) is 3.85. The average Bonchev–Trinajstić information content (AvgIpc) is 2.64. The Balaban J connectivity index is 3.49. The van der Waals surface area contributed by atoms with Crippen molar-refractivity contribution in [3.05, 3.63) is 12.2 Å². The fourth-order valence-electron chi connectivity index (χ4n) is 3.22. The summed E-state index contributed by atoms with van der Waals surface area (Å²) >= 11 is 0. The zero-order valence-corrected chi connectivity index (χ0v) is 18.3. The number of ether oxygens (including phenoxy) is 1. The van der Waals surface area contributed by atoms with E-state index in [9.17, 15) is 15.0 Å². The molecular weight excluding hydrogens is 354 g/mol. The van der Waals surface area contributed by atoms with Gasteiger partial charge < -0.3 is 20.7 Å². The summed E-state index contributed by atoms with van der Waals surface area (Å²) in [5, 5.41) is 18.5. The third kappa shape index (κ3) is 18.6. The lowest BCUT2D eigenvalue weighted by Crippen LogP contribution is -2.36. The van der Waals surface area contributed by atoms with Crippen molar-refractivity contribution >= 4 is 5.78 Å². The third-order valence-corrected chi connectivity index (χ3v) is 4.87. The van der Waals surface area contributed by atoms with Crippen molar-refractivity contribution in [2.24, 2.45) is 5.73 Å². The van der Waals surface area contributed by atoms with Crippen LogP contribution < -0.4 is 5.73 Å². The first-order chi connectivity index (χ1) is 13.5. The first kappa shape index (κ1) is 27.2. The highest BCUT2D eigenvalue weighted by Crippen LogP contribution is 2.12. The summed E-state index contributed by atoms with van der Waals surface area (Å²) in [4.78, 5) is 11.9. The molecule has 2 unspecified atom stereocenters. The molecule has 0 aromatic rings. The second-order valence-electron chi connectivity index (χ2n) is 7.87. The van der Waals surface area contributed by atoms with E-state index in [0.717, 1.165) is 25.7 Å². The Morgan fingerprint density at radius 3 is 1.89 bits per heavy atom. The molecular formula is C23H45NO4. The molecule has 2 atom stereocenters. The van der Waals surface area contributed by atoms with Gasteiger partial charge in [-0.15, -0.1) is 0 Å². The maximum Gasteiger partial charge on any atom is 0.178 e. The highest BCUT2D eigenvalue weighted by Gasteiger charge is 2.22. The molecule has 0 rings (SSSR count). The van der Waals surface area contributed by atoms with Crippen molar-refractivity contribution in [1.82, 2.24) is 0 Å². The van der Waals surface area contributed by atoms with Crippen LogP contribution in [0.4, 0.5) is 0 Å². The molecule has 0 aromatic heterocycles. The summed E-state index contributed by atoms with van der Waals surface area (Å²) in [6.07, 6.45) is 17.8. The molecule has 0 amide bonds. The second-order valence-corrected chi connectivity index (χ2v) is 7.87. The summed E-state index contributed by atoms with van der Waals surface area (Å²) in [7, 11) is 0. The van der Waals surface area contributed by atoms with Crippen LogP contribution in [0.5, 0.6) is 0 Å². The lowest BCUT2D eigenvalue weighted by Gasteiger charge is -2.21. The number of aliphatic hydroxyl groups is 2. The minimum absolute atomic E-state index is 0.00258. The Kier molecular flexibility index (Phi) is 19.0. The van der Waals surface area contributed by atoms with E-state index < -0.39 is 18.6 Å². The molecule has 5 heteroatoms. The Bertz CT molecular complexity index is 383. The molecule has 0 bridgehead atoms. The van der Waals surface area contributed by atoms with Gasteiger partial charge in [0.15, 0.2) is 6.29 Å². The quantitative estimate of drug-likeness (QED) is 0.152. The van der Waals surface area contributed by atoms with Gasteiger partial charge in [-0.05, 0) is 39.0 Å². The van der Waals surface area contributed by atoms with Crippen molar-refractivity contribution in [3.8, 4) is 0 Å². The van der Waals surface area contributed by atoms with Crippen molar-refractivity contribution in [3.63, 3.8) is 0 Å². The average molecular weight is 400 g/mol. The highest BCUT2D eigenvalue weighted by atomic mass is 16.6. The van der Waals surface area contributed by atoms with Gasteiger partial charge in [0, 0.05) is 12.8 Å². The summed E-state index contributed by atoms with van der Waals surface area (Å²) in [5.41, 5.74) is 5.48. The lowest BCUT2D eigenvalue weighted by molar-refractivity contribution is -0.167. The monoisotopic (exact) mass is 399 g/mol. The van der Waals surface area contributed by atoms with E-state index in [1.807, 2.05) is 0 Å². The Morgan fingerprint density at radius 1 is 0.893 bits per heavy atom. The van der Waals surface area contributed by atoms with Gasteiger partial charge in [0.2, 0.25) is 0 Å². The number of Topliss-reactive ketones (excluding diaryl/α,β-unsaturated/α-hetero) is 1. The van der Waals surface area contributed by atoms with Crippen molar-refractivity contribution < 1.29 is 19.7 Å². The first-order valence-electron chi connectivity index (χ1n) is 11.4. The van der Waals surface area contributed by atoms with E-state index in [0.29, 0.717) is 6.42 Å². The fraction of sp³-hybridized carbons (Fsp3) is 0.870. The predicted molar refractivity (Wildman–Crippen MR) is 116 cm³/mol. The summed E-state index contributed by atoms with van der Waals surface area (Å²) in [6, 6.07) is 0. The number of hydrogen-bond donors (Lipinski definition) is 3. The van der Waals surface area contributed by atoms with Gasteiger partial charge in [-0.1, -0.05) is 70.4 Å². The molecule has 0 aliphatic rings. The molecule has 0 heterocycles. The molecule has 0 spiro atoms. The molecule has 28 heavy (non-hydrogen) atoms. The number of hydrogen-bond acceptors (Lipinski definition) is 5. The minimum Gasteiger partial charge on any atom is -0.366 e. The molecule has 0 radical (unpaired) electrons. The fourth-order valence-corrected chi connectivity index (χ4v) is 3.22. The molecule has 0 saturated heterocycles. The van der Waals surface area contributed by atoms with Gasteiger partial charge >= 0.3 is 0 Å². The van der Waals surface area contributed by atoms with Gasteiger partial charge in [0.1, 0.15) is 18.1 Å². The smallest absolute Gasteiger partial charge is 0.178 e. The van der Waals surface area contributed by atoms with Crippen LogP contribution in [-0.4, -0.2) is 34.6 Å². The zero-order chi connectivity index (χ0) is 21.0. The standard InChI is InChI=1S/C23H45NO4/c1-3-4-5-6-7-8-9-10-11-12-13-14-15-16-17-18-21(25)19-22(23(26)27)28-20(2)24/h10-11,20,22-23,26-27H,3-9,12-19,24H2,1-2H3. The number of rotatable bonds is 20. The third-order valence-electron chi connectivity index (χ3n) is 4.87. The van der Waals surface area contributed by atoms with Crippen LogP contribution in [0.3, 0.4) is 0 Å². The van der Waals surface area contributed by atoms with Crippen LogP contribution in [0.25, 0.3) is 0 Å². The molecule has 0 aliphatic carbocycles. The van der Waals surface area contributed by atoms with Crippen LogP contribution >= 0.6 is 0 Å². The normalized spacial score (nSPS) is 14.1. The molecule has 5 nitrogen and oxygen atoms in total. The molecule has 0 fully saturated rings. The number of allylic oxidation sites excluding steroid dienone is 2. The largest absolute Gasteiger partial charge is 0.366 e. The number of nitrogens with two attached hydrogens (primary N) is 1. The van der Waals surface area contributed by atoms with Gasteiger partial charge in [-0.25, -0.2) is 0 Å². The zero-order valence-electron chi connectivity index (χ0n) is 18.3. The maximum atomic E-state index is 11.9. The van der Waals surface area contributed by atoms with Crippen LogP contribution in [-0.2, 0) is 9.53 Å². The Hall–Kier alpha value is -0.750. The summed E-state index contributed by atoms with van der Waals surface area (Å²) < 4.78 is 5.16. The number of carbonyl (C=O) groups excluding carboxylic acids is 1. The Morgan fingerprint density at radius 2 is 1.39 bits per heavy atom. The van der Waals surface area contributed by atoms with Crippen molar-refractivity contribution in [1.29, 1.82) is 0 Å². The molecule has 4 N–H and O–H groups in total. The lowest BCUT2D eigenvalue weighted by atomic mass is 10.0. The van der Waals surface area contributed by atoms with E-state index in [-0.39, 0.29) is 12.2 Å². The number of carbonyl (C=O) groups is 1. The summed E-state index contributed by atoms with van der Waals surface area (Å²) in [5.74, 6) is -0.00335. The van der Waals surface area contributed by atoms with Gasteiger partial charge in [0.25, 0.3) is 0 Å². The van der Waals surface area contributed by atoms with Crippen LogP contribution in [0, 0.1) is 0 Å². The second kappa shape index (κ2) is 19.6. The number of unbranched alkanes of at least 4 members (excludes halogenated alkanes) is 11. The number of ketones is 1. The van der Waals surface area contributed by atoms with Crippen molar-refractivity contribution in [2.75, 3.05) is 0 Å². The highest BCUT2D eigenvalue weighted by molar-refractivity contribution is 5.78. The van der Waals surface area contributed by atoms with Crippen LogP contribution in [0.15, 0.2) is 12.2 Å². The Labute approximate surface area is 172 Å². The minimum atomic E-state index is -1.68. The van der Waals surface area contributed by atoms with E-state index in [1.54, 1.807) is 6.92 Å². The topological polar surface area (TPSA) is 92.8 Å². The number of aliphatic hydroxyl groups excluding tert-OH is 1. The maximum absolute atomic E-state index is 11.9. The van der Waals surface area contributed by atoms with Crippen LogP contribution in [0.1, 0.15) is 110 Å². The van der Waals surface area contributed by atoms with Gasteiger partial charge in [-0.3, -0.25) is 4.79 Å². The van der Waals surface area contributed by atoms with E-state index in [1.165, 1.54) is 57.8 Å². The molecule has 0 aliphatic heterocycles. The SMILES string of the molecule is CCCCCCCCC=CCCCCCCCC(=O)CC(OC(C)N)C(O)O.